The molecule has 3 rings (SSSR count). The van der Waals surface area contributed by atoms with Gasteiger partial charge in [-0.05, 0) is 55.0 Å². The fourth-order valence-corrected chi connectivity index (χ4v) is 4.19. The summed E-state index contributed by atoms with van der Waals surface area (Å²) in [5.41, 5.74) is 6.53. The molecule has 32 heavy (non-hydrogen) atoms. The number of carbonyl (C=O) groups is 2. The van der Waals surface area contributed by atoms with Gasteiger partial charge in [0.2, 0.25) is 5.91 Å². The van der Waals surface area contributed by atoms with E-state index in [0.717, 1.165) is 44.0 Å². The summed E-state index contributed by atoms with van der Waals surface area (Å²) in [6.45, 7) is 5.25. The smallest absolute Gasteiger partial charge is 0.251 e. The molecule has 5 N–H and O–H groups in total. The maximum Gasteiger partial charge on any atom is 0.251 e. The Morgan fingerprint density at radius 3 is 2.47 bits per heavy atom. The normalized spacial score (nSPS) is 14.4. The summed E-state index contributed by atoms with van der Waals surface area (Å²) < 4.78 is 0. The number of halogens is 1. The van der Waals surface area contributed by atoms with Crippen LogP contribution in [0.15, 0.2) is 46.8 Å². The molecule has 0 bridgehead atoms. The van der Waals surface area contributed by atoms with Gasteiger partial charge in [-0.1, -0.05) is 12.1 Å². The van der Waals surface area contributed by atoms with Crippen LogP contribution >= 0.6 is 35.3 Å². The van der Waals surface area contributed by atoms with Gasteiger partial charge in [-0.2, -0.15) is 0 Å². The lowest BCUT2D eigenvalue weighted by Crippen LogP contribution is -2.48. The highest BCUT2D eigenvalue weighted by Gasteiger charge is 2.20. The molecule has 0 unspecified atom stereocenters. The Morgan fingerprint density at radius 1 is 1.16 bits per heavy atom. The molecule has 2 heterocycles. The maximum absolute atomic E-state index is 12.0. The van der Waals surface area contributed by atoms with Gasteiger partial charge in [0, 0.05) is 31.2 Å². The van der Waals surface area contributed by atoms with Crippen molar-refractivity contribution >= 4 is 58.1 Å². The van der Waals surface area contributed by atoms with Crippen molar-refractivity contribution in [2.24, 2.45) is 10.7 Å². The fraction of sp³-hybridized carbons (Fsp3) is 0.409. The van der Waals surface area contributed by atoms with Crippen molar-refractivity contribution in [2.75, 3.05) is 31.1 Å². The van der Waals surface area contributed by atoms with Gasteiger partial charge < -0.3 is 26.6 Å². The van der Waals surface area contributed by atoms with Gasteiger partial charge in [0.05, 0.1) is 18.1 Å². The number of nitrogens with two attached hydrogens (primary N) is 1. The number of aliphatic imine (C=N–C) groups is 1. The Balaban J connectivity index is 0.00000363. The van der Waals surface area contributed by atoms with Crippen LogP contribution in [0.2, 0.25) is 0 Å². The number of benzene rings is 1. The quantitative estimate of drug-likeness (QED) is 0.221. The van der Waals surface area contributed by atoms with E-state index in [0.29, 0.717) is 18.2 Å². The van der Waals surface area contributed by atoms with Gasteiger partial charge in [-0.3, -0.25) is 9.59 Å². The number of rotatable bonds is 8. The molecule has 0 atom stereocenters. The van der Waals surface area contributed by atoms with Gasteiger partial charge >= 0.3 is 0 Å². The van der Waals surface area contributed by atoms with Crippen molar-refractivity contribution in [3.05, 3.63) is 52.9 Å². The van der Waals surface area contributed by atoms with Gasteiger partial charge in [-0.15, -0.1) is 35.3 Å². The standard InChI is InChI=1S/C22H30N6O2S.HI/c1-2-24-22(27-18-9-11-28(12-10-18)20-4-3-13-31-20)26-14-16-5-7-17(8-6-16)21(30)25-15-19(23)29;/h3-8,13,18H,2,9-12,14-15H2,1H3,(H2,23,29)(H,25,30)(H2,24,26,27);1H. The summed E-state index contributed by atoms with van der Waals surface area (Å²) in [7, 11) is 0. The third kappa shape index (κ3) is 7.97. The third-order valence-electron chi connectivity index (χ3n) is 5.06. The molecule has 2 aromatic rings. The van der Waals surface area contributed by atoms with E-state index >= 15 is 0 Å². The minimum Gasteiger partial charge on any atom is -0.368 e. The van der Waals surface area contributed by atoms with E-state index < -0.39 is 5.91 Å². The fourth-order valence-electron chi connectivity index (χ4n) is 3.41. The number of piperidine rings is 1. The predicted molar refractivity (Wildman–Crippen MR) is 141 cm³/mol. The molecule has 1 aromatic carbocycles. The molecule has 0 radical (unpaired) electrons. The topological polar surface area (TPSA) is 112 Å². The molecule has 0 saturated carbocycles. The zero-order chi connectivity index (χ0) is 22.1. The Kier molecular flexibility index (Phi) is 10.7. The second kappa shape index (κ2) is 13.3. The van der Waals surface area contributed by atoms with E-state index in [9.17, 15) is 9.59 Å². The summed E-state index contributed by atoms with van der Waals surface area (Å²) >= 11 is 1.79. The van der Waals surface area contributed by atoms with Crippen LogP contribution in [0, 0.1) is 0 Å². The van der Waals surface area contributed by atoms with Gasteiger partial charge in [-0.25, -0.2) is 4.99 Å². The molecule has 0 spiro atoms. The molecule has 1 saturated heterocycles. The molecule has 1 aromatic heterocycles. The van der Waals surface area contributed by atoms with E-state index in [-0.39, 0.29) is 36.4 Å². The number of anilines is 1. The van der Waals surface area contributed by atoms with Crippen LogP contribution < -0.4 is 26.6 Å². The van der Waals surface area contributed by atoms with Crippen molar-refractivity contribution in [3.63, 3.8) is 0 Å². The van der Waals surface area contributed by atoms with Gasteiger partial charge in [0.1, 0.15) is 0 Å². The van der Waals surface area contributed by atoms with Crippen molar-refractivity contribution in [2.45, 2.75) is 32.4 Å². The number of carbonyl (C=O) groups excluding carboxylic acids is 2. The summed E-state index contributed by atoms with van der Waals surface area (Å²) in [5.74, 6) is -0.0851. The molecule has 2 amide bonds. The molecular weight excluding hydrogens is 539 g/mol. The Bertz CT molecular complexity index is 880. The highest BCUT2D eigenvalue weighted by molar-refractivity contribution is 14.0. The first-order valence-corrected chi connectivity index (χ1v) is 11.4. The molecule has 10 heteroatoms. The number of guanidine groups is 1. The highest BCUT2D eigenvalue weighted by atomic mass is 127. The number of nitrogens with zero attached hydrogens (tertiary/aromatic N) is 2. The van der Waals surface area contributed by atoms with Gasteiger partial charge in [0.15, 0.2) is 5.96 Å². The summed E-state index contributed by atoms with van der Waals surface area (Å²) in [5, 5.41) is 12.8. The lowest BCUT2D eigenvalue weighted by Gasteiger charge is -2.33. The molecule has 8 nitrogen and oxygen atoms in total. The zero-order valence-electron chi connectivity index (χ0n) is 18.2. The number of nitrogens with one attached hydrogen (secondary N) is 3. The summed E-state index contributed by atoms with van der Waals surface area (Å²) in [6, 6.07) is 11.9. The van der Waals surface area contributed by atoms with Crippen molar-refractivity contribution < 1.29 is 9.59 Å². The minimum atomic E-state index is -0.569. The van der Waals surface area contributed by atoms with E-state index in [2.05, 4.69) is 45.3 Å². The lowest BCUT2D eigenvalue weighted by atomic mass is 10.1. The minimum absolute atomic E-state index is 0. The van der Waals surface area contributed by atoms with Crippen molar-refractivity contribution in [3.8, 4) is 0 Å². The van der Waals surface area contributed by atoms with Crippen LogP contribution in [0.5, 0.6) is 0 Å². The Hall–Kier alpha value is -2.34. The zero-order valence-corrected chi connectivity index (χ0v) is 21.3. The van der Waals surface area contributed by atoms with Crippen LogP contribution in [0.3, 0.4) is 0 Å². The van der Waals surface area contributed by atoms with Crippen LogP contribution in [0.1, 0.15) is 35.7 Å². The van der Waals surface area contributed by atoms with Crippen LogP contribution in [-0.2, 0) is 11.3 Å². The first kappa shape index (κ1) is 25.9. The Labute approximate surface area is 210 Å². The SMILES string of the molecule is CCNC(=NCc1ccc(C(=O)NCC(N)=O)cc1)NC1CCN(c2cccs2)CC1.I. The van der Waals surface area contributed by atoms with Crippen LogP contribution in [0.25, 0.3) is 0 Å². The van der Waals surface area contributed by atoms with Crippen LogP contribution in [-0.4, -0.2) is 50.0 Å². The van der Waals surface area contributed by atoms with E-state index in [1.807, 2.05) is 12.1 Å². The van der Waals surface area contributed by atoms with E-state index in [1.165, 1.54) is 5.00 Å². The number of hydrogen-bond donors (Lipinski definition) is 4. The second-order valence-electron chi connectivity index (χ2n) is 7.40. The maximum atomic E-state index is 12.0. The molecular formula is C22H31IN6O2S. The summed E-state index contributed by atoms with van der Waals surface area (Å²) in [4.78, 5) is 29.9. The molecule has 0 aliphatic carbocycles. The number of amides is 2. The molecule has 1 fully saturated rings. The monoisotopic (exact) mass is 570 g/mol. The van der Waals surface area contributed by atoms with Crippen LogP contribution in [0.4, 0.5) is 5.00 Å². The average Bonchev–Trinajstić information content (AvgIpc) is 3.32. The summed E-state index contributed by atoms with van der Waals surface area (Å²) in [6.07, 6.45) is 2.13. The first-order chi connectivity index (χ1) is 15.0. The van der Waals surface area contributed by atoms with Crippen molar-refractivity contribution in [1.82, 2.24) is 16.0 Å². The molecule has 1 aliphatic rings. The molecule has 174 valence electrons. The first-order valence-electron chi connectivity index (χ1n) is 10.5. The highest BCUT2D eigenvalue weighted by Crippen LogP contribution is 2.24. The lowest BCUT2D eigenvalue weighted by molar-refractivity contribution is -0.117. The van der Waals surface area contributed by atoms with Crippen molar-refractivity contribution in [1.29, 1.82) is 0 Å². The second-order valence-corrected chi connectivity index (χ2v) is 8.32. The average molecular weight is 571 g/mol. The largest absolute Gasteiger partial charge is 0.368 e. The number of thiophene rings is 1. The predicted octanol–water partition coefficient (Wildman–Crippen LogP) is 2.31. The third-order valence-corrected chi connectivity index (χ3v) is 5.99. The van der Waals surface area contributed by atoms with Gasteiger partial charge in [0.25, 0.3) is 5.91 Å². The Morgan fingerprint density at radius 2 is 1.88 bits per heavy atom. The molecule has 1 aliphatic heterocycles. The van der Waals surface area contributed by atoms with E-state index in [4.69, 9.17) is 10.7 Å². The number of primary amides is 1. The van der Waals surface area contributed by atoms with E-state index in [1.54, 1.807) is 23.5 Å². The number of hydrogen-bond acceptors (Lipinski definition) is 5.